The van der Waals surface area contributed by atoms with E-state index in [4.69, 9.17) is 0 Å². The lowest BCUT2D eigenvalue weighted by Crippen LogP contribution is -2.56. The summed E-state index contributed by atoms with van der Waals surface area (Å²) in [5.41, 5.74) is -0.191. The topological polar surface area (TPSA) is 55.8 Å². The average Bonchev–Trinajstić information content (AvgIpc) is 2.28. The number of likely N-dealkylation sites (N-methyl/N-ethyl adjacent to an activating group) is 1. The normalized spacial score (nSPS) is 20.1. The Morgan fingerprint density at radius 2 is 2.00 bits per heavy atom. The van der Waals surface area contributed by atoms with E-state index in [1.54, 1.807) is 19.0 Å². The van der Waals surface area contributed by atoms with Gasteiger partial charge in [-0.15, -0.1) is 0 Å². The van der Waals surface area contributed by atoms with Gasteiger partial charge in [0.1, 0.15) is 0 Å². The van der Waals surface area contributed by atoms with Gasteiger partial charge in [-0.05, 0) is 19.9 Å². The van der Waals surface area contributed by atoms with Crippen molar-refractivity contribution < 1.29 is 9.90 Å². The molecule has 1 heterocycles. The number of carbonyl (C=O) groups excluding carboxylic acids is 1. The zero-order valence-electron chi connectivity index (χ0n) is 9.79. The van der Waals surface area contributed by atoms with E-state index in [0.29, 0.717) is 13.1 Å². The maximum atomic E-state index is 11.7. The van der Waals surface area contributed by atoms with E-state index >= 15 is 0 Å². The van der Waals surface area contributed by atoms with E-state index in [1.165, 1.54) is 0 Å². The molecule has 0 bridgehead atoms. The van der Waals surface area contributed by atoms with Gasteiger partial charge in [0.25, 0.3) is 0 Å². The molecule has 0 radical (unpaired) electrons. The zero-order chi connectivity index (χ0) is 11.5. The first-order chi connectivity index (χ1) is 7.04. The third-order valence-corrected chi connectivity index (χ3v) is 3.21. The number of nitrogens with one attached hydrogen (secondary N) is 1. The van der Waals surface area contributed by atoms with Crippen LogP contribution in [0.3, 0.4) is 0 Å². The van der Waals surface area contributed by atoms with Gasteiger partial charge in [0.2, 0.25) is 0 Å². The minimum absolute atomic E-state index is 0.0534. The van der Waals surface area contributed by atoms with E-state index in [0.717, 1.165) is 12.8 Å². The van der Waals surface area contributed by atoms with Crippen molar-refractivity contribution in [2.45, 2.75) is 18.4 Å². The number of piperidine rings is 1. The minimum atomic E-state index is -0.191. The summed E-state index contributed by atoms with van der Waals surface area (Å²) in [6, 6.07) is 0.0534. The summed E-state index contributed by atoms with van der Waals surface area (Å²) in [7, 11) is 5.38. The molecule has 15 heavy (non-hydrogen) atoms. The van der Waals surface area contributed by atoms with E-state index in [2.05, 4.69) is 5.32 Å². The second-order valence-corrected chi connectivity index (χ2v) is 4.35. The number of amides is 2. The maximum Gasteiger partial charge on any atom is 0.319 e. The number of carbonyl (C=O) groups is 1. The number of aliphatic hydroxyl groups is 1. The van der Waals surface area contributed by atoms with Crippen molar-refractivity contribution in [3.05, 3.63) is 0 Å². The molecule has 1 aliphatic heterocycles. The summed E-state index contributed by atoms with van der Waals surface area (Å²) >= 11 is 0. The van der Waals surface area contributed by atoms with Gasteiger partial charge in [0.05, 0.1) is 6.61 Å². The Morgan fingerprint density at radius 3 is 2.33 bits per heavy atom. The molecule has 1 fully saturated rings. The van der Waals surface area contributed by atoms with Crippen LogP contribution in [0.1, 0.15) is 12.8 Å². The molecule has 1 rings (SSSR count). The number of rotatable bonds is 2. The van der Waals surface area contributed by atoms with Gasteiger partial charge < -0.3 is 20.2 Å². The molecule has 0 unspecified atom stereocenters. The highest BCUT2D eigenvalue weighted by Gasteiger charge is 2.34. The van der Waals surface area contributed by atoms with Crippen LogP contribution in [0.15, 0.2) is 0 Å². The van der Waals surface area contributed by atoms with Crippen molar-refractivity contribution >= 4 is 6.03 Å². The summed E-state index contributed by atoms with van der Waals surface area (Å²) in [5.74, 6) is 0. The van der Waals surface area contributed by atoms with E-state index in [-0.39, 0.29) is 18.2 Å². The molecule has 0 aromatic rings. The van der Waals surface area contributed by atoms with Crippen molar-refractivity contribution in [3.8, 4) is 0 Å². The molecule has 2 N–H and O–H groups in total. The van der Waals surface area contributed by atoms with Crippen LogP contribution < -0.4 is 5.32 Å². The third kappa shape index (κ3) is 2.60. The number of nitrogens with zero attached hydrogens (tertiary/aromatic N) is 2. The van der Waals surface area contributed by atoms with Crippen molar-refractivity contribution in [3.63, 3.8) is 0 Å². The van der Waals surface area contributed by atoms with Gasteiger partial charge >= 0.3 is 6.03 Å². The summed E-state index contributed by atoms with van der Waals surface area (Å²) in [5, 5.41) is 12.5. The lowest BCUT2D eigenvalue weighted by Gasteiger charge is -2.41. The van der Waals surface area contributed by atoms with E-state index < -0.39 is 0 Å². The van der Waals surface area contributed by atoms with E-state index in [9.17, 15) is 9.90 Å². The Balaban J connectivity index is 2.52. The molecule has 2 amide bonds. The molecule has 0 aromatic heterocycles. The molecule has 1 aliphatic rings. The van der Waals surface area contributed by atoms with Gasteiger partial charge in [-0.3, -0.25) is 0 Å². The Hall–Kier alpha value is -0.810. The lowest BCUT2D eigenvalue weighted by atomic mass is 9.88. The fraction of sp³-hybridized carbons (Fsp3) is 0.900. The van der Waals surface area contributed by atoms with Crippen molar-refractivity contribution in [2.24, 2.45) is 0 Å². The zero-order valence-corrected chi connectivity index (χ0v) is 9.79. The standard InChI is InChI=1S/C10H21N3O2/c1-11-10(8-14)4-6-13(7-5-10)9(15)12(2)3/h11,14H,4-8H2,1-3H3. The van der Waals surface area contributed by atoms with Crippen LogP contribution in [0, 0.1) is 0 Å². The highest BCUT2D eigenvalue weighted by atomic mass is 16.3. The van der Waals surface area contributed by atoms with Crippen LogP contribution in [-0.4, -0.2) is 67.3 Å². The first kappa shape index (κ1) is 12.3. The van der Waals surface area contributed by atoms with Gasteiger partial charge in [0.15, 0.2) is 0 Å². The Morgan fingerprint density at radius 1 is 1.47 bits per heavy atom. The van der Waals surface area contributed by atoms with Crippen LogP contribution >= 0.6 is 0 Å². The number of likely N-dealkylation sites (tertiary alicyclic amines) is 1. The van der Waals surface area contributed by atoms with Crippen LogP contribution in [0.2, 0.25) is 0 Å². The smallest absolute Gasteiger partial charge is 0.319 e. The number of hydrogen-bond acceptors (Lipinski definition) is 3. The summed E-state index contributed by atoms with van der Waals surface area (Å²) in [6.07, 6.45) is 1.61. The summed E-state index contributed by atoms with van der Waals surface area (Å²) in [4.78, 5) is 15.1. The number of hydrogen-bond donors (Lipinski definition) is 2. The van der Waals surface area contributed by atoms with Crippen LogP contribution in [0.5, 0.6) is 0 Å². The van der Waals surface area contributed by atoms with Gasteiger partial charge in [-0.1, -0.05) is 0 Å². The molecule has 0 saturated carbocycles. The molecule has 0 spiro atoms. The second-order valence-electron chi connectivity index (χ2n) is 4.35. The number of urea groups is 1. The largest absolute Gasteiger partial charge is 0.394 e. The fourth-order valence-corrected chi connectivity index (χ4v) is 1.90. The molecule has 0 atom stereocenters. The fourth-order valence-electron chi connectivity index (χ4n) is 1.90. The number of aliphatic hydroxyl groups excluding tert-OH is 1. The van der Waals surface area contributed by atoms with Crippen molar-refractivity contribution in [2.75, 3.05) is 40.8 Å². The van der Waals surface area contributed by atoms with Crippen molar-refractivity contribution in [1.29, 1.82) is 0 Å². The van der Waals surface area contributed by atoms with Gasteiger partial charge in [-0.25, -0.2) is 4.79 Å². The highest BCUT2D eigenvalue weighted by molar-refractivity contribution is 5.73. The molecule has 1 saturated heterocycles. The van der Waals surface area contributed by atoms with E-state index in [1.807, 2.05) is 11.9 Å². The monoisotopic (exact) mass is 215 g/mol. The minimum Gasteiger partial charge on any atom is -0.394 e. The molecule has 5 nitrogen and oxygen atoms in total. The molecular formula is C10H21N3O2. The first-order valence-corrected chi connectivity index (χ1v) is 5.31. The molecule has 0 aliphatic carbocycles. The van der Waals surface area contributed by atoms with Crippen molar-refractivity contribution in [1.82, 2.24) is 15.1 Å². The molecule has 5 heteroatoms. The molecule has 88 valence electrons. The lowest BCUT2D eigenvalue weighted by molar-refractivity contribution is 0.0874. The quantitative estimate of drug-likeness (QED) is 0.666. The highest BCUT2D eigenvalue weighted by Crippen LogP contribution is 2.21. The SMILES string of the molecule is CNC1(CO)CCN(C(=O)N(C)C)CC1. The predicted octanol–water partition coefficient (Wildman–Crippen LogP) is -0.286. The maximum absolute atomic E-state index is 11.7. The molecular weight excluding hydrogens is 194 g/mol. The van der Waals surface area contributed by atoms with Crippen LogP contribution in [-0.2, 0) is 0 Å². The average molecular weight is 215 g/mol. The van der Waals surface area contributed by atoms with Gasteiger partial charge in [0, 0.05) is 32.7 Å². The second kappa shape index (κ2) is 4.81. The third-order valence-electron chi connectivity index (χ3n) is 3.21. The Kier molecular flexibility index (Phi) is 3.93. The molecule has 0 aromatic carbocycles. The predicted molar refractivity (Wildman–Crippen MR) is 58.8 cm³/mol. The first-order valence-electron chi connectivity index (χ1n) is 5.31. The van der Waals surface area contributed by atoms with Gasteiger partial charge in [-0.2, -0.15) is 0 Å². The summed E-state index contributed by atoms with van der Waals surface area (Å²) in [6.45, 7) is 1.55. The Bertz CT molecular complexity index is 217. The van der Waals surface area contributed by atoms with Crippen LogP contribution in [0.4, 0.5) is 4.79 Å². The Labute approximate surface area is 91.0 Å². The van der Waals surface area contributed by atoms with Crippen LogP contribution in [0.25, 0.3) is 0 Å². The summed E-state index contributed by atoms with van der Waals surface area (Å²) < 4.78 is 0.